The molecule has 1 aromatic heterocycles. The molecule has 0 radical (unpaired) electrons. The fourth-order valence-electron chi connectivity index (χ4n) is 5.52. The van der Waals surface area contributed by atoms with E-state index in [0.717, 1.165) is 35.7 Å². The zero-order chi connectivity index (χ0) is 15.2. The highest BCUT2D eigenvalue weighted by Gasteiger charge is 2.50. The van der Waals surface area contributed by atoms with Gasteiger partial charge >= 0.3 is 0 Å². The van der Waals surface area contributed by atoms with Crippen LogP contribution in [0.1, 0.15) is 54.0 Å². The zero-order valence-corrected chi connectivity index (χ0v) is 13.8. The second kappa shape index (κ2) is 5.60. The minimum atomic E-state index is -0.00438. The molecule has 1 amide bonds. The number of thiazole rings is 1. The lowest BCUT2D eigenvalue weighted by Gasteiger charge is -2.56. The molecule has 5 heteroatoms. The van der Waals surface area contributed by atoms with Crippen LogP contribution in [0, 0.1) is 23.2 Å². The van der Waals surface area contributed by atoms with Crippen LogP contribution < -0.4 is 11.1 Å². The fraction of sp³-hybridized carbons (Fsp3) is 0.765. The van der Waals surface area contributed by atoms with Gasteiger partial charge < -0.3 is 11.1 Å². The topological polar surface area (TPSA) is 68.0 Å². The molecule has 1 heterocycles. The maximum atomic E-state index is 12.4. The average molecular weight is 319 g/mol. The van der Waals surface area contributed by atoms with E-state index in [0.29, 0.717) is 17.7 Å². The predicted octanol–water partition coefficient (Wildman–Crippen LogP) is 2.59. The van der Waals surface area contributed by atoms with Gasteiger partial charge in [-0.15, -0.1) is 11.3 Å². The lowest BCUT2D eigenvalue weighted by molar-refractivity contribution is -0.0503. The Morgan fingerprint density at radius 1 is 1.27 bits per heavy atom. The highest BCUT2D eigenvalue weighted by molar-refractivity contribution is 7.09. The van der Waals surface area contributed by atoms with E-state index in [-0.39, 0.29) is 5.91 Å². The Bertz CT molecular complexity index is 533. The normalized spacial score (nSPS) is 35.8. The van der Waals surface area contributed by atoms with Crippen LogP contribution in [0.5, 0.6) is 0 Å². The summed E-state index contributed by atoms with van der Waals surface area (Å²) >= 11 is 1.54. The molecule has 3 N–H and O–H groups in total. The van der Waals surface area contributed by atoms with Crippen molar-refractivity contribution in [2.75, 3.05) is 13.1 Å². The van der Waals surface area contributed by atoms with Crippen LogP contribution >= 0.6 is 11.3 Å². The second-order valence-electron chi connectivity index (χ2n) is 7.77. The van der Waals surface area contributed by atoms with Gasteiger partial charge in [-0.3, -0.25) is 4.79 Å². The van der Waals surface area contributed by atoms with Crippen molar-refractivity contribution in [3.05, 3.63) is 16.1 Å². The first-order chi connectivity index (χ1) is 10.7. The summed E-state index contributed by atoms with van der Waals surface area (Å²) in [4.78, 5) is 16.7. The van der Waals surface area contributed by atoms with Crippen LogP contribution in [-0.4, -0.2) is 24.0 Å². The van der Waals surface area contributed by atoms with Crippen LogP contribution in [0.25, 0.3) is 0 Å². The monoisotopic (exact) mass is 319 g/mol. The molecule has 0 unspecified atom stereocenters. The first-order valence-electron chi connectivity index (χ1n) is 8.58. The van der Waals surface area contributed by atoms with E-state index in [1.54, 1.807) is 0 Å². The molecule has 4 fully saturated rings. The summed E-state index contributed by atoms with van der Waals surface area (Å²) in [6, 6.07) is 0. The summed E-state index contributed by atoms with van der Waals surface area (Å²) in [6.45, 7) is 1.43. The second-order valence-corrected chi connectivity index (χ2v) is 8.71. The molecular formula is C17H25N3OS. The average Bonchev–Trinajstić information content (AvgIpc) is 2.93. The van der Waals surface area contributed by atoms with Crippen molar-refractivity contribution in [1.29, 1.82) is 0 Å². The van der Waals surface area contributed by atoms with Gasteiger partial charge in [0.15, 0.2) is 0 Å². The molecule has 4 nitrogen and oxygen atoms in total. The van der Waals surface area contributed by atoms with E-state index in [9.17, 15) is 4.79 Å². The van der Waals surface area contributed by atoms with Crippen molar-refractivity contribution >= 4 is 17.2 Å². The van der Waals surface area contributed by atoms with Crippen molar-refractivity contribution in [2.24, 2.45) is 28.9 Å². The molecule has 120 valence electrons. The predicted molar refractivity (Wildman–Crippen MR) is 87.8 cm³/mol. The Morgan fingerprint density at radius 3 is 2.50 bits per heavy atom. The summed E-state index contributed by atoms with van der Waals surface area (Å²) in [6.07, 6.45) is 9.08. The number of nitrogens with zero attached hydrogens (tertiary/aromatic N) is 1. The first kappa shape index (κ1) is 14.6. The Morgan fingerprint density at radius 2 is 1.91 bits per heavy atom. The maximum Gasteiger partial charge on any atom is 0.270 e. The molecule has 0 saturated heterocycles. The molecule has 22 heavy (non-hydrogen) atoms. The largest absolute Gasteiger partial charge is 0.350 e. The van der Waals surface area contributed by atoms with Gasteiger partial charge in [0.25, 0.3) is 5.91 Å². The molecule has 4 bridgehead atoms. The molecule has 5 rings (SSSR count). The SMILES string of the molecule is NCCc1nc(C(=O)NCC23CC4CC(CC(C4)C2)C3)cs1. The number of hydrogen-bond acceptors (Lipinski definition) is 4. The highest BCUT2D eigenvalue weighted by Crippen LogP contribution is 2.59. The smallest absolute Gasteiger partial charge is 0.270 e. The highest BCUT2D eigenvalue weighted by atomic mass is 32.1. The Labute approximate surface area is 135 Å². The van der Waals surface area contributed by atoms with Gasteiger partial charge in [-0.05, 0) is 68.2 Å². The van der Waals surface area contributed by atoms with Gasteiger partial charge in [0.2, 0.25) is 0 Å². The third-order valence-corrected chi connectivity index (χ3v) is 6.84. The fourth-order valence-corrected chi connectivity index (χ4v) is 6.31. The van der Waals surface area contributed by atoms with Crippen molar-refractivity contribution in [2.45, 2.75) is 44.9 Å². The van der Waals surface area contributed by atoms with Crippen molar-refractivity contribution in [1.82, 2.24) is 10.3 Å². The summed E-state index contributed by atoms with van der Waals surface area (Å²) < 4.78 is 0. The zero-order valence-electron chi connectivity index (χ0n) is 13.0. The molecule has 0 spiro atoms. The number of nitrogens with one attached hydrogen (secondary N) is 1. The molecule has 4 saturated carbocycles. The van der Waals surface area contributed by atoms with Crippen LogP contribution in [0.4, 0.5) is 0 Å². The van der Waals surface area contributed by atoms with Gasteiger partial charge in [-0.1, -0.05) is 0 Å². The van der Waals surface area contributed by atoms with E-state index >= 15 is 0 Å². The van der Waals surface area contributed by atoms with Crippen LogP contribution in [-0.2, 0) is 6.42 Å². The van der Waals surface area contributed by atoms with Gasteiger partial charge in [-0.25, -0.2) is 4.98 Å². The van der Waals surface area contributed by atoms with Crippen molar-refractivity contribution in [3.63, 3.8) is 0 Å². The van der Waals surface area contributed by atoms with E-state index in [1.807, 2.05) is 5.38 Å². The van der Waals surface area contributed by atoms with E-state index in [1.165, 1.54) is 49.9 Å². The number of hydrogen-bond donors (Lipinski definition) is 2. The molecule has 0 atom stereocenters. The summed E-state index contributed by atoms with van der Waals surface area (Å²) in [5, 5.41) is 6.01. The molecular weight excluding hydrogens is 294 g/mol. The van der Waals surface area contributed by atoms with Crippen LogP contribution in [0.15, 0.2) is 5.38 Å². The maximum absolute atomic E-state index is 12.4. The quantitative estimate of drug-likeness (QED) is 0.876. The lowest BCUT2D eigenvalue weighted by atomic mass is 9.49. The lowest BCUT2D eigenvalue weighted by Crippen LogP contribution is -2.51. The van der Waals surface area contributed by atoms with E-state index < -0.39 is 0 Å². The van der Waals surface area contributed by atoms with Crippen LogP contribution in [0.2, 0.25) is 0 Å². The van der Waals surface area contributed by atoms with E-state index in [4.69, 9.17) is 5.73 Å². The third kappa shape index (κ3) is 2.69. The van der Waals surface area contributed by atoms with Crippen molar-refractivity contribution < 1.29 is 4.79 Å². The third-order valence-electron chi connectivity index (χ3n) is 5.93. The van der Waals surface area contributed by atoms with Gasteiger partial charge in [0.05, 0.1) is 5.01 Å². The van der Waals surface area contributed by atoms with Crippen molar-refractivity contribution in [3.8, 4) is 0 Å². The van der Waals surface area contributed by atoms with Gasteiger partial charge in [0, 0.05) is 18.3 Å². The molecule has 1 aromatic rings. The summed E-state index contributed by atoms with van der Waals surface area (Å²) in [7, 11) is 0. The summed E-state index contributed by atoms with van der Waals surface area (Å²) in [5.41, 5.74) is 6.50. The minimum Gasteiger partial charge on any atom is -0.350 e. The van der Waals surface area contributed by atoms with Gasteiger partial charge in [0.1, 0.15) is 5.69 Å². The first-order valence-corrected chi connectivity index (χ1v) is 9.46. The number of amides is 1. The summed E-state index contributed by atoms with van der Waals surface area (Å²) in [5.74, 6) is 2.78. The molecule has 4 aliphatic rings. The Hall–Kier alpha value is -0.940. The Balaban J connectivity index is 1.38. The number of aromatic nitrogens is 1. The standard InChI is InChI=1S/C17H25N3OS/c18-2-1-15-20-14(9-22-15)16(21)19-10-17-6-11-3-12(7-17)5-13(4-11)8-17/h9,11-13H,1-8,10,18H2,(H,19,21). The van der Waals surface area contributed by atoms with Crippen LogP contribution in [0.3, 0.4) is 0 Å². The van der Waals surface area contributed by atoms with E-state index in [2.05, 4.69) is 10.3 Å². The minimum absolute atomic E-state index is 0.00438. The number of rotatable bonds is 5. The molecule has 0 aliphatic heterocycles. The number of carbonyl (C=O) groups is 1. The molecule has 4 aliphatic carbocycles. The Kier molecular flexibility index (Phi) is 3.73. The number of nitrogens with two attached hydrogens (primary N) is 1. The van der Waals surface area contributed by atoms with Gasteiger partial charge in [-0.2, -0.15) is 0 Å². The molecule has 0 aromatic carbocycles. The number of carbonyl (C=O) groups excluding carboxylic acids is 1.